The molecule has 0 aromatic heterocycles. The molecule has 3 rings (SSSR count). The summed E-state index contributed by atoms with van der Waals surface area (Å²) in [6, 6.07) is 24.6. The first kappa shape index (κ1) is 19.5. The topological polar surface area (TPSA) is 60.8 Å². The molecule has 0 aliphatic heterocycles. The summed E-state index contributed by atoms with van der Waals surface area (Å²) < 4.78 is 0. The van der Waals surface area contributed by atoms with Crippen molar-refractivity contribution in [1.82, 2.24) is 4.90 Å². The van der Waals surface area contributed by atoms with Crippen molar-refractivity contribution in [2.24, 2.45) is 5.92 Å². The summed E-state index contributed by atoms with van der Waals surface area (Å²) >= 11 is 0. The highest BCUT2D eigenvalue weighted by Crippen LogP contribution is 2.26. The molecule has 0 fully saturated rings. The maximum atomic E-state index is 13.2. The minimum absolute atomic E-state index is 0.0558. The molecule has 4 heteroatoms. The molecule has 0 saturated carbocycles. The molecule has 2 N–H and O–H groups in total. The zero-order valence-corrected chi connectivity index (χ0v) is 16.0. The van der Waals surface area contributed by atoms with Crippen molar-refractivity contribution in [1.29, 1.82) is 0 Å². The Labute approximate surface area is 165 Å². The summed E-state index contributed by atoms with van der Waals surface area (Å²) in [5.74, 6) is -0.517. The van der Waals surface area contributed by atoms with Crippen LogP contribution in [0.4, 0.5) is 0 Å². The largest absolute Gasteiger partial charge is 0.504 e. The SMILES string of the molecule is CC(Cc1ccc(O)c(O)c1)C(=O)N(Cc1ccccc1)Cc1ccccc1. The number of hydrogen-bond acceptors (Lipinski definition) is 3. The lowest BCUT2D eigenvalue weighted by Crippen LogP contribution is -2.35. The van der Waals surface area contributed by atoms with Gasteiger partial charge in [-0.3, -0.25) is 4.79 Å². The number of phenolic OH excluding ortho intramolecular Hbond substituents is 2. The van der Waals surface area contributed by atoms with Crippen LogP contribution in [0, 0.1) is 5.92 Å². The fourth-order valence-electron chi connectivity index (χ4n) is 3.27. The molecule has 0 aliphatic rings. The van der Waals surface area contributed by atoms with Crippen LogP contribution < -0.4 is 0 Å². The lowest BCUT2D eigenvalue weighted by Gasteiger charge is -2.26. The fourth-order valence-corrected chi connectivity index (χ4v) is 3.27. The lowest BCUT2D eigenvalue weighted by atomic mass is 9.98. The molecule has 1 amide bonds. The van der Waals surface area contributed by atoms with Gasteiger partial charge in [0.2, 0.25) is 5.91 Å². The lowest BCUT2D eigenvalue weighted by molar-refractivity contribution is -0.136. The van der Waals surface area contributed by atoms with Gasteiger partial charge in [-0.15, -0.1) is 0 Å². The van der Waals surface area contributed by atoms with E-state index in [1.807, 2.05) is 72.5 Å². The van der Waals surface area contributed by atoms with Gasteiger partial charge in [0.05, 0.1) is 0 Å². The van der Waals surface area contributed by atoms with Gasteiger partial charge in [0.1, 0.15) is 0 Å². The second kappa shape index (κ2) is 9.09. The van der Waals surface area contributed by atoms with Crippen LogP contribution in [0.3, 0.4) is 0 Å². The molecular formula is C24H25NO3. The van der Waals surface area contributed by atoms with E-state index in [4.69, 9.17) is 0 Å². The van der Waals surface area contributed by atoms with Crippen LogP contribution in [0.25, 0.3) is 0 Å². The van der Waals surface area contributed by atoms with Crippen LogP contribution in [0.15, 0.2) is 78.9 Å². The summed E-state index contributed by atoms with van der Waals surface area (Å²) in [6.07, 6.45) is 0.493. The number of aromatic hydroxyl groups is 2. The average Bonchev–Trinajstić information content (AvgIpc) is 2.71. The van der Waals surface area contributed by atoms with E-state index in [2.05, 4.69) is 0 Å². The van der Waals surface area contributed by atoms with Gasteiger partial charge in [0.25, 0.3) is 0 Å². The Bertz CT molecular complexity index is 868. The molecule has 0 radical (unpaired) electrons. The Morgan fingerprint density at radius 3 is 1.82 bits per heavy atom. The normalized spacial score (nSPS) is 11.8. The van der Waals surface area contributed by atoms with Crippen LogP contribution in [-0.4, -0.2) is 21.0 Å². The monoisotopic (exact) mass is 375 g/mol. The van der Waals surface area contributed by atoms with E-state index in [1.54, 1.807) is 6.07 Å². The Morgan fingerprint density at radius 1 is 0.786 bits per heavy atom. The molecule has 0 bridgehead atoms. The van der Waals surface area contributed by atoms with Crippen molar-refractivity contribution in [2.45, 2.75) is 26.4 Å². The summed E-state index contributed by atoms with van der Waals surface area (Å²) in [7, 11) is 0. The Hall–Kier alpha value is -3.27. The molecule has 28 heavy (non-hydrogen) atoms. The van der Waals surface area contributed by atoms with Crippen molar-refractivity contribution < 1.29 is 15.0 Å². The van der Waals surface area contributed by atoms with Gasteiger partial charge in [-0.25, -0.2) is 0 Å². The molecule has 0 aliphatic carbocycles. The number of carbonyl (C=O) groups is 1. The molecule has 1 unspecified atom stereocenters. The minimum atomic E-state index is -0.253. The van der Waals surface area contributed by atoms with Gasteiger partial charge in [0.15, 0.2) is 11.5 Å². The van der Waals surface area contributed by atoms with E-state index in [0.29, 0.717) is 19.5 Å². The summed E-state index contributed by atoms with van der Waals surface area (Å²) in [4.78, 5) is 15.1. The van der Waals surface area contributed by atoms with E-state index in [-0.39, 0.29) is 23.3 Å². The third-order valence-electron chi connectivity index (χ3n) is 4.75. The molecule has 3 aromatic rings. The summed E-state index contributed by atoms with van der Waals surface area (Å²) in [5, 5.41) is 19.2. The summed E-state index contributed by atoms with van der Waals surface area (Å²) in [5.41, 5.74) is 2.98. The van der Waals surface area contributed by atoms with Crippen molar-refractivity contribution in [3.8, 4) is 11.5 Å². The molecule has 1 atom stereocenters. The van der Waals surface area contributed by atoms with Crippen LogP contribution in [0.2, 0.25) is 0 Å². The second-order valence-electron chi connectivity index (χ2n) is 7.09. The van der Waals surface area contributed by atoms with Gasteiger partial charge < -0.3 is 15.1 Å². The number of amides is 1. The van der Waals surface area contributed by atoms with E-state index < -0.39 is 0 Å². The van der Waals surface area contributed by atoms with Crippen LogP contribution in [0.1, 0.15) is 23.6 Å². The van der Waals surface area contributed by atoms with Crippen molar-refractivity contribution in [2.75, 3.05) is 0 Å². The van der Waals surface area contributed by atoms with Crippen molar-refractivity contribution >= 4 is 5.91 Å². The number of rotatable bonds is 7. The Balaban J connectivity index is 1.77. The van der Waals surface area contributed by atoms with Crippen molar-refractivity contribution in [3.63, 3.8) is 0 Å². The third kappa shape index (κ3) is 5.13. The standard InChI is InChI=1S/C24H25NO3/c1-18(14-21-12-13-22(26)23(27)15-21)24(28)25(16-19-8-4-2-5-9-19)17-20-10-6-3-7-11-20/h2-13,15,18,26-27H,14,16-17H2,1H3. The van der Waals surface area contributed by atoms with Gasteiger partial charge in [-0.05, 0) is 35.2 Å². The molecule has 0 saturated heterocycles. The maximum Gasteiger partial charge on any atom is 0.226 e. The molecule has 3 aromatic carbocycles. The number of nitrogens with zero attached hydrogens (tertiary/aromatic N) is 1. The highest BCUT2D eigenvalue weighted by atomic mass is 16.3. The summed E-state index contributed by atoms with van der Waals surface area (Å²) in [6.45, 7) is 2.98. The molecule has 4 nitrogen and oxygen atoms in total. The Morgan fingerprint density at radius 2 is 1.32 bits per heavy atom. The van der Waals surface area contributed by atoms with E-state index in [0.717, 1.165) is 16.7 Å². The molecular weight excluding hydrogens is 350 g/mol. The first-order valence-corrected chi connectivity index (χ1v) is 9.40. The fraction of sp³-hybridized carbons (Fsp3) is 0.208. The zero-order valence-electron chi connectivity index (χ0n) is 16.0. The first-order chi connectivity index (χ1) is 13.5. The minimum Gasteiger partial charge on any atom is -0.504 e. The number of phenols is 2. The van der Waals surface area contributed by atoms with Gasteiger partial charge in [-0.1, -0.05) is 73.7 Å². The third-order valence-corrected chi connectivity index (χ3v) is 4.75. The molecule has 0 heterocycles. The van der Waals surface area contributed by atoms with E-state index in [9.17, 15) is 15.0 Å². The first-order valence-electron chi connectivity index (χ1n) is 9.40. The number of carbonyl (C=O) groups excluding carboxylic acids is 1. The average molecular weight is 375 g/mol. The van der Waals surface area contributed by atoms with Gasteiger partial charge in [-0.2, -0.15) is 0 Å². The Kier molecular flexibility index (Phi) is 6.33. The predicted octanol–water partition coefficient (Wildman–Crippen LogP) is 4.51. The van der Waals surface area contributed by atoms with E-state index >= 15 is 0 Å². The van der Waals surface area contributed by atoms with Crippen molar-refractivity contribution in [3.05, 3.63) is 95.6 Å². The van der Waals surface area contributed by atoms with E-state index in [1.165, 1.54) is 12.1 Å². The molecule has 144 valence electrons. The maximum absolute atomic E-state index is 13.2. The zero-order chi connectivity index (χ0) is 19.9. The predicted molar refractivity (Wildman–Crippen MR) is 110 cm³/mol. The van der Waals surface area contributed by atoms with Crippen LogP contribution >= 0.6 is 0 Å². The number of benzene rings is 3. The quantitative estimate of drug-likeness (QED) is 0.598. The second-order valence-corrected chi connectivity index (χ2v) is 7.09. The molecule has 0 spiro atoms. The highest BCUT2D eigenvalue weighted by molar-refractivity contribution is 5.79. The van der Waals surface area contributed by atoms with Gasteiger partial charge >= 0.3 is 0 Å². The van der Waals surface area contributed by atoms with Gasteiger partial charge in [0, 0.05) is 19.0 Å². The smallest absolute Gasteiger partial charge is 0.226 e. The number of hydrogen-bond donors (Lipinski definition) is 2. The highest BCUT2D eigenvalue weighted by Gasteiger charge is 2.22. The van der Waals surface area contributed by atoms with Crippen LogP contribution in [0.5, 0.6) is 11.5 Å². The van der Waals surface area contributed by atoms with Crippen LogP contribution in [-0.2, 0) is 24.3 Å².